The summed E-state index contributed by atoms with van der Waals surface area (Å²) in [5, 5.41) is 8.03. The minimum atomic E-state index is 0.260. The molecule has 2 heterocycles. The van der Waals surface area contributed by atoms with E-state index >= 15 is 0 Å². The Labute approximate surface area is 128 Å². The van der Waals surface area contributed by atoms with Gasteiger partial charge in [-0.2, -0.15) is 10.1 Å². The smallest absolute Gasteiger partial charge is 0.318 e. The molecule has 0 amide bonds. The van der Waals surface area contributed by atoms with Gasteiger partial charge in [-0.05, 0) is 6.42 Å². The number of hydrogen-bond acceptors (Lipinski definition) is 6. The Kier molecular flexibility index (Phi) is 4.85. The molecule has 1 N–H and O–H groups in total. The van der Waals surface area contributed by atoms with E-state index in [1.165, 1.54) is 13.3 Å². The van der Waals surface area contributed by atoms with Gasteiger partial charge < -0.3 is 14.8 Å². The van der Waals surface area contributed by atoms with Gasteiger partial charge in [0.1, 0.15) is 5.02 Å². The second-order valence-corrected chi connectivity index (χ2v) is 4.73. The SMILES string of the molecule is CCc1nn(C)c(OC)c1CNc1nc(OC)ncc1Cl. The highest BCUT2D eigenvalue weighted by molar-refractivity contribution is 6.32. The molecular weight excluding hydrogens is 294 g/mol. The Morgan fingerprint density at radius 1 is 1.33 bits per heavy atom. The highest BCUT2D eigenvalue weighted by Crippen LogP contribution is 2.25. The number of aryl methyl sites for hydroxylation is 2. The van der Waals surface area contributed by atoms with Crippen LogP contribution < -0.4 is 14.8 Å². The number of methoxy groups -OCH3 is 2. The highest BCUT2D eigenvalue weighted by atomic mass is 35.5. The predicted octanol–water partition coefficient (Wildman–Crippen LogP) is 2.06. The quantitative estimate of drug-likeness (QED) is 0.880. The first kappa shape index (κ1) is 15.4. The van der Waals surface area contributed by atoms with Crippen molar-refractivity contribution < 1.29 is 9.47 Å². The molecule has 0 unspecified atom stereocenters. The Balaban J connectivity index is 2.24. The van der Waals surface area contributed by atoms with E-state index in [-0.39, 0.29) is 6.01 Å². The molecule has 21 heavy (non-hydrogen) atoms. The van der Waals surface area contributed by atoms with Crippen molar-refractivity contribution in [2.24, 2.45) is 7.05 Å². The zero-order valence-electron chi connectivity index (χ0n) is 12.5. The molecule has 0 spiro atoms. The van der Waals surface area contributed by atoms with Crippen LogP contribution in [0.15, 0.2) is 6.20 Å². The van der Waals surface area contributed by atoms with E-state index < -0.39 is 0 Å². The van der Waals surface area contributed by atoms with Crippen LogP contribution in [0.3, 0.4) is 0 Å². The summed E-state index contributed by atoms with van der Waals surface area (Å²) >= 11 is 6.08. The molecule has 114 valence electrons. The lowest BCUT2D eigenvalue weighted by Crippen LogP contribution is -2.06. The van der Waals surface area contributed by atoms with Crippen molar-refractivity contribution >= 4 is 17.4 Å². The van der Waals surface area contributed by atoms with Gasteiger partial charge in [0, 0.05) is 13.6 Å². The van der Waals surface area contributed by atoms with Crippen molar-refractivity contribution in [1.82, 2.24) is 19.7 Å². The van der Waals surface area contributed by atoms with Crippen LogP contribution in [-0.2, 0) is 20.0 Å². The molecular formula is C13H18ClN5O2. The Hall–Kier alpha value is -2.02. The first-order valence-corrected chi connectivity index (χ1v) is 6.87. The van der Waals surface area contributed by atoms with E-state index in [0.29, 0.717) is 17.4 Å². The highest BCUT2D eigenvalue weighted by Gasteiger charge is 2.16. The van der Waals surface area contributed by atoms with Crippen molar-refractivity contribution in [3.05, 3.63) is 22.5 Å². The van der Waals surface area contributed by atoms with Crippen molar-refractivity contribution in [3.63, 3.8) is 0 Å². The number of anilines is 1. The standard InChI is InChI=1S/C13H18ClN5O2/c1-5-10-8(12(20-3)19(2)18-10)6-15-11-9(14)7-16-13(17-11)21-4/h7H,5-6H2,1-4H3,(H,15,16,17). The summed E-state index contributed by atoms with van der Waals surface area (Å²) in [6, 6.07) is 0.260. The normalized spacial score (nSPS) is 10.5. The van der Waals surface area contributed by atoms with Crippen LogP contribution in [-0.4, -0.2) is 34.0 Å². The average Bonchev–Trinajstić information content (AvgIpc) is 2.81. The molecule has 0 aliphatic carbocycles. The largest absolute Gasteiger partial charge is 0.481 e. The van der Waals surface area contributed by atoms with Crippen LogP contribution in [0.25, 0.3) is 0 Å². The van der Waals surface area contributed by atoms with E-state index in [4.69, 9.17) is 21.1 Å². The molecule has 0 aliphatic heterocycles. The van der Waals surface area contributed by atoms with Crippen LogP contribution in [0.2, 0.25) is 5.02 Å². The molecule has 2 aromatic heterocycles. The maximum absolute atomic E-state index is 6.08. The molecule has 0 atom stereocenters. The van der Waals surface area contributed by atoms with Crippen molar-refractivity contribution in [2.45, 2.75) is 19.9 Å². The van der Waals surface area contributed by atoms with Gasteiger partial charge in [-0.25, -0.2) is 9.67 Å². The molecule has 7 nitrogen and oxygen atoms in total. The van der Waals surface area contributed by atoms with Gasteiger partial charge in [-0.3, -0.25) is 0 Å². The van der Waals surface area contributed by atoms with Crippen LogP contribution in [0.4, 0.5) is 5.82 Å². The second-order valence-electron chi connectivity index (χ2n) is 4.32. The van der Waals surface area contributed by atoms with E-state index in [9.17, 15) is 0 Å². The topological polar surface area (TPSA) is 74.1 Å². The summed E-state index contributed by atoms with van der Waals surface area (Å²) in [7, 11) is 4.98. The third kappa shape index (κ3) is 3.18. The number of nitrogens with one attached hydrogen (secondary N) is 1. The van der Waals surface area contributed by atoms with Gasteiger partial charge in [0.05, 0.1) is 31.7 Å². The fourth-order valence-corrected chi connectivity index (χ4v) is 2.23. The molecule has 2 aromatic rings. The zero-order valence-corrected chi connectivity index (χ0v) is 13.2. The minimum absolute atomic E-state index is 0.260. The first-order chi connectivity index (χ1) is 10.1. The van der Waals surface area contributed by atoms with Gasteiger partial charge in [-0.15, -0.1) is 0 Å². The molecule has 0 aromatic carbocycles. The Morgan fingerprint density at radius 3 is 2.71 bits per heavy atom. The summed E-state index contributed by atoms with van der Waals surface area (Å²) in [5.41, 5.74) is 1.95. The lowest BCUT2D eigenvalue weighted by molar-refractivity contribution is 0.369. The summed E-state index contributed by atoms with van der Waals surface area (Å²) < 4.78 is 12.1. The second kappa shape index (κ2) is 6.62. The average molecular weight is 312 g/mol. The summed E-state index contributed by atoms with van der Waals surface area (Å²) in [5.74, 6) is 1.23. The van der Waals surface area contributed by atoms with Crippen molar-refractivity contribution in [1.29, 1.82) is 0 Å². The third-order valence-electron chi connectivity index (χ3n) is 3.04. The van der Waals surface area contributed by atoms with E-state index in [1.54, 1.807) is 11.8 Å². The van der Waals surface area contributed by atoms with Gasteiger partial charge in [0.2, 0.25) is 5.88 Å². The summed E-state index contributed by atoms with van der Waals surface area (Å²) in [6.07, 6.45) is 2.31. The van der Waals surface area contributed by atoms with Gasteiger partial charge in [0.25, 0.3) is 0 Å². The number of rotatable bonds is 6. The van der Waals surface area contributed by atoms with Crippen LogP contribution >= 0.6 is 11.6 Å². The Morgan fingerprint density at radius 2 is 2.10 bits per heavy atom. The zero-order chi connectivity index (χ0) is 15.4. The molecule has 2 rings (SSSR count). The first-order valence-electron chi connectivity index (χ1n) is 6.49. The third-order valence-corrected chi connectivity index (χ3v) is 3.31. The van der Waals surface area contributed by atoms with Crippen molar-refractivity contribution in [2.75, 3.05) is 19.5 Å². The number of halogens is 1. The number of aromatic nitrogens is 4. The molecule has 0 saturated heterocycles. The minimum Gasteiger partial charge on any atom is -0.481 e. The number of ether oxygens (including phenoxy) is 2. The molecule has 0 fully saturated rings. The van der Waals surface area contributed by atoms with E-state index in [2.05, 4.69) is 20.4 Å². The fourth-order valence-electron chi connectivity index (χ4n) is 2.07. The van der Waals surface area contributed by atoms with Gasteiger partial charge in [-0.1, -0.05) is 18.5 Å². The van der Waals surface area contributed by atoms with Crippen LogP contribution in [0.5, 0.6) is 11.9 Å². The van der Waals surface area contributed by atoms with Crippen LogP contribution in [0.1, 0.15) is 18.2 Å². The monoisotopic (exact) mass is 311 g/mol. The molecule has 0 radical (unpaired) electrons. The molecule has 0 bridgehead atoms. The predicted molar refractivity (Wildman–Crippen MR) is 80.1 cm³/mol. The molecule has 0 saturated carbocycles. The lowest BCUT2D eigenvalue weighted by atomic mass is 10.2. The number of nitrogens with zero attached hydrogens (tertiary/aromatic N) is 4. The van der Waals surface area contributed by atoms with Crippen molar-refractivity contribution in [3.8, 4) is 11.9 Å². The molecule has 8 heteroatoms. The van der Waals surface area contributed by atoms with Gasteiger partial charge in [0.15, 0.2) is 5.82 Å². The number of hydrogen-bond donors (Lipinski definition) is 1. The van der Waals surface area contributed by atoms with Gasteiger partial charge >= 0.3 is 6.01 Å². The summed E-state index contributed by atoms with van der Waals surface area (Å²) in [6.45, 7) is 2.55. The lowest BCUT2D eigenvalue weighted by Gasteiger charge is -2.09. The fraction of sp³-hybridized carbons (Fsp3) is 0.462. The Bertz CT molecular complexity index is 629. The maximum Gasteiger partial charge on any atom is 0.318 e. The maximum atomic E-state index is 6.08. The van der Waals surface area contributed by atoms with E-state index in [1.807, 2.05) is 14.0 Å². The van der Waals surface area contributed by atoms with Crippen LogP contribution in [0, 0.1) is 0 Å². The van der Waals surface area contributed by atoms with E-state index in [0.717, 1.165) is 23.6 Å². The summed E-state index contributed by atoms with van der Waals surface area (Å²) in [4.78, 5) is 8.12. The molecule has 0 aliphatic rings.